The monoisotopic (exact) mass is 424 g/mol. The van der Waals surface area contributed by atoms with Crippen LogP contribution < -0.4 is 10.1 Å². The zero-order valence-electron chi connectivity index (χ0n) is 16.6. The number of carbonyl (C=O) groups excluding carboxylic acids is 1. The minimum atomic E-state index is -0.0740. The third kappa shape index (κ3) is 5.14. The fourth-order valence-electron chi connectivity index (χ4n) is 3.46. The molecule has 3 heterocycles. The number of likely N-dealkylation sites (tertiary alicyclic amines) is 1. The zero-order chi connectivity index (χ0) is 20.8. The lowest BCUT2D eigenvalue weighted by atomic mass is 9.97. The molecule has 1 amide bonds. The van der Waals surface area contributed by atoms with Crippen molar-refractivity contribution in [3.63, 3.8) is 0 Å². The Morgan fingerprint density at radius 3 is 3.00 bits per heavy atom. The molecular weight excluding hydrogens is 400 g/mol. The number of amides is 1. The molecule has 1 saturated heterocycles. The summed E-state index contributed by atoms with van der Waals surface area (Å²) in [6.45, 7) is 6.22. The van der Waals surface area contributed by atoms with Crippen LogP contribution in [0.1, 0.15) is 18.7 Å². The van der Waals surface area contributed by atoms with E-state index in [0.29, 0.717) is 31.4 Å². The van der Waals surface area contributed by atoms with E-state index in [1.165, 1.54) is 0 Å². The molecule has 0 bridgehead atoms. The summed E-state index contributed by atoms with van der Waals surface area (Å²) in [6, 6.07) is 11.3. The second kappa shape index (κ2) is 9.69. The van der Waals surface area contributed by atoms with Crippen LogP contribution in [0.2, 0.25) is 0 Å². The summed E-state index contributed by atoms with van der Waals surface area (Å²) in [5, 5.41) is 9.06. The molecule has 8 heteroatoms. The molecule has 7 nitrogen and oxygen atoms in total. The minimum absolute atomic E-state index is 0.0317. The fourth-order valence-corrected chi connectivity index (χ4v) is 4.11. The number of anilines is 1. The molecule has 0 aliphatic carbocycles. The molecule has 1 atom stereocenters. The molecule has 0 saturated carbocycles. The van der Waals surface area contributed by atoms with E-state index in [9.17, 15) is 4.79 Å². The van der Waals surface area contributed by atoms with E-state index in [0.717, 1.165) is 35.7 Å². The van der Waals surface area contributed by atoms with Gasteiger partial charge in [0.15, 0.2) is 0 Å². The van der Waals surface area contributed by atoms with Crippen molar-refractivity contribution in [2.45, 2.75) is 19.4 Å². The van der Waals surface area contributed by atoms with Crippen molar-refractivity contribution in [2.75, 3.05) is 25.0 Å². The summed E-state index contributed by atoms with van der Waals surface area (Å²) in [4.78, 5) is 20.4. The lowest BCUT2D eigenvalue weighted by Crippen LogP contribution is -2.40. The van der Waals surface area contributed by atoms with Gasteiger partial charge in [0.05, 0.1) is 17.3 Å². The maximum absolute atomic E-state index is 12.7. The Balaban J connectivity index is 1.31. The maximum Gasteiger partial charge on any atom is 0.241 e. The fraction of sp³-hybridized carbons (Fsp3) is 0.318. The second-order valence-electron chi connectivity index (χ2n) is 7.18. The van der Waals surface area contributed by atoms with Crippen LogP contribution in [0.25, 0.3) is 10.7 Å². The molecule has 1 unspecified atom stereocenters. The van der Waals surface area contributed by atoms with Crippen LogP contribution in [0, 0.1) is 5.92 Å². The molecule has 3 aromatic rings. The van der Waals surface area contributed by atoms with Gasteiger partial charge in [0, 0.05) is 12.2 Å². The molecule has 1 aliphatic rings. The number of aromatic nitrogens is 2. The number of thiophene rings is 1. The third-order valence-electron chi connectivity index (χ3n) is 4.93. The first-order valence-corrected chi connectivity index (χ1v) is 10.8. The summed E-state index contributed by atoms with van der Waals surface area (Å²) < 4.78 is 10.9. The summed E-state index contributed by atoms with van der Waals surface area (Å²) >= 11 is 1.58. The van der Waals surface area contributed by atoms with Gasteiger partial charge in [-0.05, 0) is 55.1 Å². The highest BCUT2D eigenvalue weighted by Gasteiger charge is 2.27. The second-order valence-corrected chi connectivity index (χ2v) is 8.12. The molecule has 1 fully saturated rings. The van der Waals surface area contributed by atoms with Crippen LogP contribution in [-0.2, 0) is 11.3 Å². The highest BCUT2D eigenvalue weighted by atomic mass is 32.1. The third-order valence-corrected chi connectivity index (χ3v) is 5.80. The number of nitrogens with one attached hydrogen (secondary N) is 1. The van der Waals surface area contributed by atoms with E-state index in [-0.39, 0.29) is 11.8 Å². The van der Waals surface area contributed by atoms with Crippen LogP contribution in [0.15, 0.2) is 59.0 Å². The van der Waals surface area contributed by atoms with Crippen molar-refractivity contribution in [3.8, 4) is 16.5 Å². The standard InChI is InChI=1S/C22H24N4O3S/c1-2-12-28-18-9-7-17(8-10-18)23-22(27)16-5-3-11-26(14-16)15-20-24-21(25-29-20)19-6-4-13-30-19/h2,4,6-10,13,16H,1,3,5,11-12,14-15H2,(H,23,27). The summed E-state index contributed by atoms with van der Waals surface area (Å²) in [5.41, 5.74) is 0.764. The summed E-state index contributed by atoms with van der Waals surface area (Å²) in [5.74, 6) is 1.90. The topological polar surface area (TPSA) is 80.5 Å². The van der Waals surface area contributed by atoms with Crippen LogP contribution in [0.5, 0.6) is 5.75 Å². The highest BCUT2D eigenvalue weighted by Crippen LogP contribution is 2.24. The smallest absolute Gasteiger partial charge is 0.241 e. The Labute approximate surface area is 179 Å². The summed E-state index contributed by atoms with van der Waals surface area (Å²) in [7, 11) is 0. The van der Waals surface area contributed by atoms with E-state index in [4.69, 9.17) is 9.26 Å². The first kappa shape index (κ1) is 20.3. The molecule has 0 radical (unpaired) electrons. The Morgan fingerprint density at radius 1 is 1.37 bits per heavy atom. The molecule has 2 aromatic heterocycles. The van der Waals surface area contributed by atoms with Gasteiger partial charge in [-0.3, -0.25) is 9.69 Å². The first-order valence-electron chi connectivity index (χ1n) is 9.94. The molecule has 1 N–H and O–H groups in total. The Bertz CT molecular complexity index is 969. The van der Waals surface area contributed by atoms with E-state index in [1.807, 2.05) is 41.8 Å². The van der Waals surface area contributed by atoms with Gasteiger partial charge in [0.1, 0.15) is 12.4 Å². The first-order chi connectivity index (χ1) is 14.7. The van der Waals surface area contributed by atoms with Crippen LogP contribution >= 0.6 is 11.3 Å². The lowest BCUT2D eigenvalue weighted by molar-refractivity contribution is -0.121. The van der Waals surface area contributed by atoms with Gasteiger partial charge in [-0.15, -0.1) is 11.3 Å². The average molecular weight is 425 g/mol. The zero-order valence-corrected chi connectivity index (χ0v) is 17.4. The molecule has 4 rings (SSSR count). The van der Waals surface area contributed by atoms with Gasteiger partial charge in [-0.1, -0.05) is 23.9 Å². The quantitative estimate of drug-likeness (QED) is 0.546. The Morgan fingerprint density at radius 2 is 2.23 bits per heavy atom. The predicted octanol–water partition coefficient (Wildman–Crippen LogP) is 4.21. The van der Waals surface area contributed by atoms with Gasteiger partial charge in [0.2, 0.25) is 17.6 Å². The number of rotatable bonds is 8. The number of carbonyl (C=O) groups is 1. The van der Waals surface area contributed by atoms with Gasteiger partial charge in [-0.25, -0.2) is 0 Å². The maximum atomic E-state index is 12.7. The molecule has 1 aliphatic heterocycles. The van der Waals surface area contributed by atoms with Gasteiger partial charge < -0.3 is 14.6 Å². The molecular formula is C22H24N4O3S. The number of hydrogen-bond donors (Lipinski definition) is 1. The molecule has 30 heavy (non-hydrogen) atoms. The lowest BCUT2D eigenvalue weighted by Gasteiger charge is -2.30. The molecule has 156 valence electrons. The van der Waals surface area contributed by atoms with Crippen molar-refractivity contribution in [1.82, 2.24) is 15.0 Å². The van der Waals surface area contributed by atoms with Gasteiger partial charge >= 0.3 is 0 Å². The largest absolute Gasteiger partial charge is 0.490 e. The highest BCUT2D eigenvalue weighted by molar-refractivity contribution is 7.13. The predicted molar refractivity (Wildman–Crippen MR) is 116 cm³/mol. The Kier molecular flexibility index (Phi) is 6.56. The molecule has 0 spiro atoms. The minimum Gasteiger partial charge on any atom is -0.490 e. The van der Waals surface area contributed by atoms with Crippen molar-refractivity contribution in [2.24, 2.45) is 5.92 Å². The van der Waals surface area contributed by atoms with Crippen LogP contribution in [0.3, 0.4) is 0 Å². The van der Waals surface area contributed by atoms with E-state index >= 15 is 0 Å². The van der Waals surface area contributed by atoms with Gasteiger partial charge in [0.25, 0.3) is 0 Å². The van der Waals surface area contributed by atoms with Crippen molar-refractivity contribution in [1.29, 1.82) is 0 Å². The van der Waals surface area contributed by atoms with Crippen molar-refractivity contribution >= 4 is 22.9 Å². The van der Waals surface area contributed by atoms with Crippen molar-refractivity contribution < 1.29 is 14.1 Å². The van der Waals surface area contributed by atoms with Crippen molar-refractivity contribution in [3.05, 3.63) is 60.3 Å². The van der Waals surface area contributed by atoms with E-state index < -0.39 is 0 Å². The Hall–Kier alpha value is -2.97. The van der Waals surface area contributed by atoms with Crippen LogP contribution in [-0.4, -0.2) is 40.6 Å². The number of ether oxygens (including phenoxy) is 1. The SMILES string of the molecule is C=CCOc1ccc(NC(=O)C2CCCN(Cc3nc(-c4cccs4)no3)C2)cc1. The number of nitrogens with zero attached hydrogens (tertiary/aromatic N) is 3. The number of piperidine rings is 1. The van der Waals surface area contributed by atoms with Crippen LogP contribution in [0.4, 0.5) is 5.69 Å². The number of hydrogen-bond acceptors (Lipinski definition) is 7. The summed E-state index contributed by atoms with van der Waals surface area (Å²) in [6.07, 6.45) is 3.52. The number of benzene rings is 1. The van der Waals surface area contributed by atoms with Gasteiger partial charge in [-0.2, -0.15) is 4.98 Å². The molecule has 1 aromatic carbocycles. The average Bonchev–Trinajstić information content (AvgIpc) is 3.45. The normalized spacial score (nSPS) is 16.9. The van der Waals surface area contributed by atoms with E-state index in [1.54, 1.807) is 17.4 Å². The van der Waals surface area contributed by atoms with E-state index in [2.05, 4.69) is 26.9 Å².